The summed E-state index contributed by atoms with van der Waals surface area (Å²) >= 11 is 0. The van der Waals surface area contributed by atoms with E-state index in [2.05, 4.69) is 42.3 Å². The van der Waals surface area contributed by atoms with Crippen LogP contribution in [0.15, 0.2) is 66.9 Å². The first-order chi connectivity index (χ1) is 12.0. The minimum atomic E-state index is -0.135. The number of aryl methyl sites for hydroxylation is 2. The Balaban J connectivity index is 1.76. The second-order valence-corrected chi connectivity index (χ2v) is 6.08. The maximum atomic E-state index is 12.6. The van der Waals surface area contributed by atoms with E-state index < -0.39 is 0 Å². The highest BCUT2D eigenvalue weighted by molar-refractivity contribution is 6.04. The molecule has 0 unspecified atom stereocenters. The molecule has 126 valence electrons. The van der Waals surface area contributed by atoms with Crippen molar-refractivity contribution in [3.63, 3.8) is 0 Å². The van der Waals surface area contributed by atoms with Crippen LogP contribution in [0.5, 0.6) is 0 Å². The van der Waals surface area contributed by atoms with Gasteiger partial charge >= 0.3 is 0 Å². The van der Waals surface area contributed by atoms with Crippen molar-refractivity contribution in [2.75, 3.05) is 17.3 Å². The number of benzene rings is 2. The predicted molar refractivity (Wildman–Crippen MR) is 103 cm³/mol. The molecule has 1 N–H and O–H groups in total. The van der Waals surface area contributed by atoms with Crippen LogP contribution in [-0.2, 0) is 0 Å². The number of amides is 1. The molecule has 0 radical (unpaired) electrons. The number of carbonyl (C=O) groups excluding carboxylic acids is 1. The van der Waals surface area contributed by atoms with Gasteiger partial charge in [-0.1, -0.05) is 30.3 Å². The summed E-state index contributed by atoms with van der Waals surface area (Å²) in [5.74, 6) is -0.135. The Morgan fingerprint density at radius 2 is 1.76 bits per heavy atom. The molecular weight excluding hydrogens is 310 g/mol. The first-order valence-electron chi connectivity index (χ1n) is 8.18. The van der Waals surface area contributed by atoms with Gasteiger partial charge in [-0.05, 0) is 55.3 Å². The van der Waals surface area contributed by atoms with E-state index in [1.165, 1.54) is 5.56 Å². The van der Waals surface area contributed by atoms with Crippen LogP contribution >= 0.6 is 0 Å². The van der Waals surface area contributed by atoms with Gasteiger partial charge < -0.3 is 10.2 Å². The Morgan fingerprint density at radius 1 is 1.00 bits per heavy atom. The summed E-state index contributed by atoms with van der Waals surface area (Å²) in [5.41, 5.74) is 5.51. The smallest absolute Gasteiger partial charge is 0.276 e. The molecule has 1 aromatic heterocycles. The summed E-state index contributed by atoms with van der Waals surface area (Å²) in [4.78, 5) is 18.5. The van der Waals surface area contributed by atoms with E-state index in [4.69, 9.17) is 0 Å². The monoisotopic (exact) mass is 331 g/mol. The summed E-state index contributed by atoms with van der Waals surface area (Å²) in [7, 11) is 1.75. The van der Waals surface area contributed by atoms with E-state index in [1.54, 1.807) is 24.2 Å². The Bertz CT molecular complexity index is 873. The molecule has 4 heteroatoms. The fourth-order valence-corrected chi connectivity index (χ4v) is 2.56. The highest BCUT2D eigenvalue weighted by atomic mass is 16.2. The highest BCUT2D eigenvalue weighted by Crippen LogP contribution is 2.22. The predicted octanol–water partition coefficient (Wildman–Crippen LogP) is 4.72. The van der Waals surface area contributed by atoms with Gasteiger partial charge in [0.2, 0.25) is 0 Å². The second-order valence-electron chi connectivity index (χ2n) is 6.08. The number of pyridine rings is 1. The number of aromatic nitrogens is 1. The summed E-state index contributed by atoms with van der Waals surface area (Å²) < 4.78 is 0. The van der Waals surface area contributed by atoms with Crippen molar-refractivity contribution in [2.24, 2.45) is 0 Å². The number of rotatable bonds is 4. The minimum absolute atomic E-state index is 0.135. The molecule has 3 rings (SSSR count). The highest BCUT2D eigenvalue weighted by Gasteiger charge is 2.14. The molecule has 0 saturated heterocycles. The number of hydrogen-bond acceptors (Lipinski definition) is 3. The van der Waals surface area contributed by atoms with Gasteiger partial charge in [-0.15, -0.1) is 0 Å². The molecule has 0 aliphatic carbocycles. The molecule has 0 spiro atoms. The van der Waals surface area contributed by atoms with E-state index in [9.17, 15) is 4.79 Å². The lowest BCUT2D eigenvalue weighted by Crippen LogP contribution is -2.26. The van der Waals surface area contributed by atoms with E-state index in [0.29, 0.717) is 5.69 Å². The zero-order chi connectivity index (χ0) is 17.8. The molecule has 2 aromatic carbocycles. The average molecular weight is 331 g/mol. The van der Waals surface area contributed by atoms with Crippen molar-refractivity contribution in [1.82, 2.24) is 4.98 Å². The standard InChI is InChI=1S/C21H21N3O/c1-15-9-10-16(2)20(13-15)23-17-11-12-19(22-14-17)21(25)24(3)18-7-5-4-6-8-18/h4-14,23H,1-3H3. The average Bonchev–Trinajstić information content (AvgIpc) is 2.65. The molecule has 1 heterocycles. The lowest BCUT2D eigenvalue weighted by atomic mass is 10.1. The third kappa shape index (κ3) is 3.86. The third-order valence-corrected chi connectivity index (χ3v) is 4.10. The second kappa shape index (κ2) is 7.18. The normalized spacial score (nSPS) is 10.4. The lowest BCUT2D eigenvalue weighted by molar-refractivity contribution is 0.0988. The molecule has 0 bridgehead atoms. The van der Waals surface area contributed by atoms with Crippen molar-refractivity contribution in [2.45, 2.75) is 13.8 Å². The van der Waals surface area contributed by atoms with E-state index in [0.717, 1.165) is 22.6 Å². The maximum Gasteiger partial charge on any atom is 0.276 e. The third-order valence-electron chi connectivity index (χ3n) is 4.10. The van der Waals surface area contributed by atoms with Crippen LogP contribution in [0, 0.1) is 13.8 Å². The van der Waals surface area contributed by atoms with Crippen LogP contribution < -0.4 is 10.2 Å². The summed E-state index contributed by atoms with van der Waals surface area (Å²) in [5, 5.41) is 3.35. The lowest BCUT2D eigenvalue weighted by Gasteiger charge is -2.17. The number of nitrogens with zero attached hydrogens (tertiary/aromatic N) is 2. The quantitative estimate of drug-likeness (QED) is 0.752. The molecule has 3 aromatic rings. The molecule has 0 aliphatic rings. The number of anilines is 3. The van der Waals surface area contributed by atoms with E-state index in [-0.39, 0.29) is 5.91 Å². The van der Waals surface area contributed by atoms with Gasteiger partial charge in [-0.25, -0.2) is 4.98 Å². The largest absolute Gasteiger partial charge is 0.354 e. The molecule has 0 aliphatic heterocycles. The molecule has 4 nitrogen and oxygen atoms in total. The van der Waals surface area contributed by atoms with Gasteiger partial charge in [0.05, 0.1) is 11.9 Å². The van der Waals surface area contributed by atoms with Gasteiger partial charge in [0.15, 0.2) is 0 Å². The van der Waals surface area contributed by atoms with Gasteiger partial charge in [0.1, 0.15) is 5.69 Å². The first kappa shape index (κ1) is 16.7. The van der Waals surface area contributed by atoms with Gasteiger partial charge in [0.25, 0.3) is 5.91 Å². The van der Waals surface area contributed by atoms with Gasteiger partial charge in [-0.2, -0.15) is 0 Å². The molecule has 0 fully saturated rings. The zero-order valence-electron chi connectivity index (χ0n) is 14.7. The Kier molecular flexibility index (Phi) is 4.80. The first-order valence-corrected chi connectivity index (χ1v) is 8.18. The summed E-state index contributed by atoms with van der Waals surface area (Å²) in [6.07, 6.45) is 1.69. The van der Waals surface area contributed by atoms with Crippen molar-refractivity contribution < 1.29 is 4.79 Å². The molecule has 0 saturated carbocycles. The van der Waals surface area contributed by atoms with Crippen LogP contribution in [-0.4, -0.2) is 17.9 Å². The van der Waals surface area contributed by atoms with E-state index >= 15 is 0 Å². The van der Waals surface area contributed by atoms with Crippen LogP contribution in [0.1, 0.15) is 21.6 Å². The number of carbonyl (C=O) groups is 1. The van der Waals surface area contributed by atoms with Gasteiger partial charge in [0, 0.05) is 18.4 Å². The fourth-order valence-electron chi connectivity index (χ4n) is 2.56. The topological polar surface area (TPSA) is 45.2 Å². The van der Waals surface area contributed by atoms with Crippen molar-refractivity contribution in [1.29, 1.82) is 0 Å². The molecular formula is C21H21N3O. The van der Waals surface area contributed by atoms with Crippen LogP contribution in [0.25, 0.3) is 0 Å². The number of nitrogens with one attached hydrogen (secondary N) is 1. The zero-order valence-corrected chi connectivity index (χ0v) is 14.7. The van der Waals surface area contributed by atoms with Gasteiger partial charge in [-0.3, -0.25) is 4.79 Å². The minimum Gasteiger partial charge on any atom is -0.354 e. The summed E-state index contributed by atoms with van der Waals surface area (Å²) in [6, 6.07) is 19.4. The van der Waals surface area contributed by atoms with Crippen molar-refractivity contribution >= 4 is 23.0 Å². The fraction of sp³-hybridized carbons (Fsp3) is 0.143. The Hall–Kier alpha value is -3.14. The van der Waals surface area contributed by atoms with Crippen LogP contribution in [0.4, 0.5) is 17.1 Å². The van der Waals surface area contributed by atoms with Crippen LogP contribution in [0.3, 0.4) is 0 Å². The Morgan fingerprint density at radius 3 is 2.44 bits per heavy atom. The van der Waals surface area contributed by atoms with Crippen molar-refractivity contribution in [3.8, 4) is 0 Å². The molecule has 0 atom stereocenters. The van der Waals surface area contributed by atoms with E-state index in [1.807, 2.05) is 36.4 Å². The van der Waals surface area contributed by atoms with Crippen molar-refractivity contribution in [3.05, 3.63) is 83.7 Å². The Labute approximate surface area is 148 Å². The SMILES string of the molecule is Cc1ccc(C)c(Nc2ccc(C(=O)N(C)c3ccccc3)nc2)c1. The summed E-state index contributed by atoms with van der Waals surface area (Å²) in [6.45, 7) is 4.12. The number of hydrogen-bond donors (Lipinski definition) is 1. The molecule has 25 heavy (non-hydrogen) atoms. The van der Waals surface area contributed by atoms with Crippen LogP contribution in [0.2, 0.25) is 0 Å². The number of para-hydroxylation sites is 1. The maximum absolute atomic E-state index is 12.6. The molecule has 1 amide bonds.